The third-order valence-corrected chi connectivity index (χ3v) is 0. The molecule has 0 rings (SSSR count). The van der Waals surface area contributed by atoms with E-state index in [0.29, 0.717) is 0 Å². The molecule has 2 heteroatoms. The van der Waals surface area contributed by atoms with Gasteiger partial charge in [-0.25, -0.2) is 0 Å². The van der Waals surface area contributed by atoms with Crippen molar-refractivity contribution in [1.82, 2.24) is 0 Å². The summed E-state index contributed by atoms with van der Waals surface area (Å²) in [5.74, 6) is 0. The molecule has 0 amide bonds. The standard InChI is InChI=1S/4CH3.Li.Sn/h4*1H3;;/q;;;-1;+1;. The van der Waals surface area contributed by atoms with Gasteiger partial charge in [-0.05, 0) is 0 Å². The van der Waals surface area contributed by atoms with Crippen LogP contribution in [0.3, 0.4) is 0 Å². The fourth-order valence-electron chi connectivity index (χ4n) is 0. The monoisotopic (exact) mass is 187 g/mol. The van der Waals surface area contributed by atoms with Crippen LogP contribution in [-0.4, -0.2) is 19.8 Å². The van der Waals surface area contributed by atoms with Gasteiger partial charge in [-0.15, -0.1) is 0 Å². The Labute approximate surface area is 60.6 Å². The quantitative estimate of drug-likeness (QED) is 0.330. The van der Waals surface area contributed by atoms with Gasteiger partial charge in [0.25, 0.3) is 0 Å². The van der Waals surface area contributed by atoms with Crippen molar-refractivity contribution in [1.29, 1.82) is 0 Å². The maximum Gasteiger partial charge on any atom is 1.00 e. The van der Waals surface area contributed by atoms with Crippen molar-refractivity contribution >= 4 is 19.8 Å². The predicted molar refractivity (Wildman–Crippen MR) is 29.8 cm³/mol. The normalized spacial score (nSPS) is 6.00. The van der Waals surface area contributed by atoms with Gasteiger partial charge in [0, 0.05) is 0 Å². The van der Waals surface area contributed by atoms with Gasteiger partial charge >= 0.3 is 53.4 Å². The van der Waals surface area contributed by atoms with Crippen molar-refractivity contribution in [2.45, 2.75) is 14.8 Å². The van der Waals surface area contributed by atoms with Gasteiger partial charge in [-0.3, -0.25) is 0 Å². The molecule has 0 unspecified atom stereocenters. The SMILES string of the molecule is [CH3-].[CH3][Sn]([CH3])[CH3].[Li+]. The molecule has 0 aromatic rings. The van der Waals surface area contributed by atoms with Crippen LogP contribution in [0.2, 0.25) is 14.8 Å². The van der Waals surface area contributed by atoms with Crippen LogP contribution in [0.1, 0.15) is 0 Å². The molecule has 1 radical (unpaired) electrons. The Bertz CT molecular complexity index is 12.3. The second-order valence-corrected chi connectivity index (χ2v) is 10.1. The van der Waals surface area contributed by atoms with E-state index < -0.39 is 19.8 Å². The van der Waals surface area contributed by atoms with E-state index in [1.165, 1.54) is 0 Å². The van der Waals surface area contributed by atoms with Gasteiger partial charge in [-0.2, -0.15) is 0 Å². The molecule has 0 N–H and O–H groups in total. The molecule has 0 atom stereocenters. The summed E-state index contributed by atoms with van der Waals surface area (Å²) in [4.78, 5) is 7.09. The minimum absolute atomic E-state index is 0. The molecule has 0 heterocycles. The zero-order valence-corrected chi connectivity index (χ0v) is 8.35. The van der Waals surface area contributed by atoms with Gasteiger partial charge in [0.1, 0.15) is 0 Å². The Morgan fingerprint density at radius 3 is 1.00 bits per heavy atom. The molecule has 33 valence electrons. The molecule has 0 bridgehead atoms. The molecule has 0 aliphatic carbocycles. The van der Waals surface area contributed by atoms with Crippen LogP contribution in [0.25, 0.3) is 0 Å². The van der Waals surface area contributed by atoms with E-state index in [9.17, 15) is 0 Å². The van der Waals surface area contributed by atoms with Crippen molar-refractivity contribution in [3.8, 4) is 0 Å². The van der Waals surface area contributed by atoms with Crippen molar-refractivity contribution in [2.75, 3.05) is 0 Å². The number of hydrogen-bond donors (Lipinski definition) is 0. The van der Waals surface area contributed by atoms with Crippen LogP contribution in [0.15, 0.2) is 0 Å². The summed E-state index contributed by atoms with van der Waals surface area (Å²) in [6, 6.07) is 0. The Balaban J connectivity index is -0.0000000450. The Morgan fingerprint density at radius 1 is 1.00 bits per heavy atom. The average molecular weight is 186 g/mol. The van der Waals surface area contributed by atoms with Crippen molar-refractivity contribution < 1.29 is 18.9 Å². The van der Waals surface area contributed by atoms with E-state index >= 15 is 0 Å². The van der Waals surface area contributed by atoms with Gasteiger partial charge in [0.05, 0.1) is 0 Å². The van der Waals surface area contributed by atoms with Crippen molar-refractivity contribution in [3.05, 3.63) is 7.43 Å². The first-order chi connectivity index (χ1) is 1.73. The van der Waals surface area contributed by atoms with E-state index in [4.69, 9.17) is 0 Å². The van der Waals surface area contributed by atoms with E-state index in [0.717, 1.165) is 0 Å². The van der Waals surface area contributed by atoms with Crippen LogP contribution < -0.4 is 18.9 Å². The molecule has 0 aromatic heterocycles. The second-order valence-electron chi connectivity index (χ2n) is 1.50. The molecule has 0 saturated carbocycles. The molecule has 0 spiro atoms. The maximum atomic E-state index is 2.36. The van der Waals surface area contributed by atoms with Crippen LogP contribution in [-0.2, 0) is 0 Å². The average Bonchev–Trinajstić information content (AvgIpc) is 0.811. The summed E-state index contributed by atoms with van der Waals surface area (Å²) in [6.07, 6.45) is 0. The van der Waals surface area contributed by atoms with Gasteiger partial charge in [0.15, 0.2) is 0 Å². The molecular formula is C4H12LiSn. The summed E-state index contributed by atoms with van der Waals surface area (Å²) >= 11 is -0.543. The molecule has 0 aromatic carbocycles. The Hall–Kier alpha value is 1.40. The van der Waals surface area contributed by atoms with Gasteiger partial charge < -0.3 is 7.43 Å². The van der Waals surface area contributed by atoms with E-state index in [2.05, 4.69) is 14.8 Å². The number of hydrogen-bond acceptors (Lipinski definition) is 0. The first-order valence-electron chi connectivity index (χ1n) is 1.50. The largest absolute Gasteiger partial charge is 1.00 e. The van der Waals surface area contributed by atoms with Crippen molar-refractivity contribution in [2.24, 2.45) is 0 Å². The van der Waals surface area contributed by atoms with Gasteiger partial charge in [-0.1, -0.05) is 0 Å². The molecule has 0 aliphatic rings. The summed E-state index contributed by atoms with van der Waals surface area (Å²) in [5, 5.41) is 0. The third kappa shape index (κ3) is 53.5. The van der Waals surface area contributed by atoms with Crippen LogP contribution in [0.5, 0.6) is 0 Å². The Morgan fingerprint density at radius 2 is 1.00 bits per heavy atom. The zero-order chi connectivity index (χ0) is 3.58. The fraction of sp³-hybridized carbons (Fsp3) is 0.750. The first-order valence-corrected chi connectivity index (χ1v) is 10.1. The zero-order valence-electron chi connectivity index (χ0n) is 5.50. The summed E-state index contributed by atoms with van der Waals surface area (Å²) < 4.78 is 0. The van der Waals surface area contributed by atoms with Crippen LogP contribution in [0, 0.1) is 7.43 Å². The second kappa shape index (κ2) is 9.64. The number of rotatable bonds is 0. The Kier molecular flexibility index (Phi) is 25.1. The summed E-state index contributed by atoms with van der Waals surface area (Å²) in [5.41, 5.74) is 0. The molecule has 0 saturated heterocycles. The molecule has 6 heavy (non-hydrogen) atoms. The third-order valence-electron chi connectivity index (χ3n) is 0. The molecular weight excluding hydrogens is 174 g/mol. The maximum absolute atomic E-state index is 2.36. The topological polar surface area (TPSA) is 0 Å². The summed E-state index contributed by atoms with van der Waals surface area (Å²) in [6.45, 7) is 0. The van der Waals surface area contributed by atoms with E-state index in [1.54, 1.807) is 0 Å². The van der Waals surface area contributed by atoms with Crippen LogP contribution in [0.4, 0.5) is 0 Å². The summed E-state index contributed by atoms with van der Waals surface area (Å²) in [7, 11) is 0. The minimum atomic E-state index is -0.543. The first kappa shape index (κ1) is 15.7. The van der Waals surface area contributed by atoms with Gasteiger partial charge in [0.2, 0.25) is 0 Å². The fourth-order valence-corrected chi connectivity index (χ4v) is 0. The minimum Gasteiger partial charge on any atom is 1.00 e. The molecule has 0 aliphatic heterocycles. The van der Waals surface area contributed by atoms with E-state index in [1.807, 2.05) is 0 Å². The van der Waals surface area contributed by atoms with Crippen molar-refractivity contribution in [3.63, 3.8) is 0 Å². The molecule has 0 nitrogen and oxygen atoms in total. The smallest absolute Gasteiger partial charge is 1.00 e. The predicted octanol–water partition coefficient (Wildman–Crippen LogP) is -1.18. The van der Waals surface area contributed by atoms with E-state index in [-0.39, 0.29) is 26.3 Å². The van der Waals surface area contributed by atoms with Crippen LogP contribution >= 0.6 is 0 Å². The molecule has 0 fully saturated rings.